The third kappa shape index (κ3) is 3.98. The summed E-state index contributed by atoms with van der Waals surface area (Å²) in [6.07, 6.45) is 0.276. The van der Waals surface area contributed by atoms with Crippen molar-refractivity contribution in [1.29, 1.82) is 0 Å². The van der Waals surface area contributed by atoms with Gasteiger partial charge in [0.15, 0.2) is 4.75 Å². The molecule has 2 amide bonds. The normalized spacial score (nSPS) is 19.4. The minimum absolute atomic E-state index is 0.276. The Kier molecular flexibility index (Phi) is 5.51. The number of para-hydroxylation sites is 1. The molecule has 1 heterocycles. The third-order valence-corrected chi connectivity index (χ3v) is 5.74. The largest absolute Gasteiger partial charge is 0.467 e. The van der Waals surface area contributed by atoms with Gasteiger partial charge in [0.1, 0.15) is 6.04 Å². The molecule has 0 aliphatic carbocycles. The molecule has 2 atom stereocenters. The second-order valence-corrected chi connectivity index (χ2v) is 7.78. The Hall–Kier alpha value is -2.80. The van der Waals surface area contributed by atoms with Crippen LogP contribution in [0.5, 0.6) is 0 Å². The SMILES string of the molecule is COC(=O)C(Cc1ccccc1)NC(=O)C1(C)Sc2ccccc2NC1=O. The zero-order chi connectivity index (χ0) is 19.4. The molecular weight excluding hydrogens is 364 g/mol. The van der Waals surface area contributed by atoms with Crippen molar-refractivity contribution in [1.82, 2.24) is 5.32 Å². The molecule has 1 aliphatic rings. The van der Waals surface area contributed by atoms with Crippen molar-refractivity contribution in [3.63, 3.8) is 0 Å². The van der Waals surface area contributed by atoms with E-state index in [2.05, 4.69) is 10.6 Å². The van der Waals surface area contributed by atoms with Crippen LogP contribution >= 0.6 is 11.8 Å². The van der Waals surface area contributed by atoms with Gasteiger partial charge in [-0.25, -0.2) is 4.79 Å². The van der Waals surface area contributed by atoms with Crippen LogP contribution in [-0.2, 0) is 25.5 Å². The second-order valence-electron chi connectivity index (χ2n) is 6.32. The minimum Gasteiger partial charge on any atom is -0.467 e. The van der Waals surface area contributed by atoms with E-state index >= 15 is 0 Å². The number of ether oxygens (including phenoxy) is 1. The highest BCUT2D eigenvalue weighted by atomic mass is 32.2. The first kappa shape index (κ1) is 19.0. The number of esters is 1. The summed E-state index contributed by atoms with van der Waals surface area (Å²) in [5.74, 6) is -1.52. The van der Waals surface area contributed by atoms with Crippen LogP contribution in [0.3, 0.4) is 0 Å². The van der Waals surface area contributed by atoms with Gasteiger partial charge in [-0.05, 0) is 24.6 Å². The summed E-state index contributed by atoms with van der Waals surface area (Å²) in [7, 11) is 1.27. The van der Waals surface area contributed by atoms with Gasteiger partial charge >= 0.3 is 5.97 Å². The van der Waals surface area contributed by atoms with E-state index in [0.29, 0.717) is 5.69 Å². The molecule has 0 fully saturated rings. The van der Waals surface area contributed by atoms with Crippen LogP contribution < -0.4 is 10.6 Å². The lowest BCUT2D eigenvalue weighted by Crippen LogP contribution is -2.56. The zero-order valence-corrected chi connectivity index (χ0v) is 15.8. The summed E-state index contributed by atoms with van der Waals surface area (Å²) in [5.41, 5.74) is 1.55. The molecule has 2 N–H and O–H groups in total. The Morgan fingerprint density at radius 1 is 1.15 bits per heavy atom. The van der Waals surface area contributed by atoms with Gasteiger partial charge in [-0.1, -0.05) is 54.2 Å². The van der Waals surface area contributed by atoms with Crippen LogP contribution in [0, 0.1) is 0 Å². The smallest absolute Gasteiger partial charge is 0.328 e. The lowest BCUT2D eigenvalue weighted by atomic mass is 10.0. The maximum atomic E-state index is 13.0. The Balaban J connectivity index is 1.80. The van der Waals surface area contributed by atoms with Gasteiger partial charge in [0, 0.05) is 11.3 Å². The van der Waals surface area contributed by atoms with E-state index in [1.165, 1.54) is 18.9 Å². The van der Waals surface area contributed by atoms with E-state index in [9.17, 15) is 14.4 Å². The Labute approximate surface area is 161 Å². The van der Waals surface area contributed by atoms with Gasteiger partial charge in [-0.2, -0.15) is 0 Å². The van der Waals surface area contributed by atoms with E-state index in [4.69, 9.17) is 4.74 Å². The molecule has 0 bridgehead atoms. The molecule has 1 aliphatic heterocycles. The van der Waals surface area contributed by atoms with Crippen LogP contribution in [0.15, 0.2) is 59.5 Å². The maximum absolute atomic E-state index is 13.0. The van der Waals surface area contributed by atoms with Gasteiger partial charge in [-0.15, -0.1) is 0 Å². The lowest BCUT2D eigenvalue weighted by Gasteiger charge is -2.32. The Morgan fingerprint density at radius 2 is 1.81 bits per heavy atom. The van der Waals surface area contributed by atoms with Crippen LogP contribution in [0.4, 0.5) is 5.69 Å². The summed E-state index contributed by atoms with van der Waals surface area (Å²) >= 11 is 1.17. The topological polar surface area (TPSA) is 84.5 Å². The van der Waals surface area contributed by atoms with E-state index in [0.717, 1.165) is 10.5 Å². The maximum Gasteiger partial charge on any atom is 0.328 e. The van der Waals surface area contributed by atoms with Crippen LogP contribution in [0.1, 0.15) is 12.5 Å². The quantitative estimate of drug-likeness (QED) is 0.611. The fraction of sp³-hybridized carbons (Fsp3) is 0.250. The molecule has 2 aromatic carbocycles. The number of carbonyl (C=O) groups is 3. The number of methoxy groups -OCH3 is 1. The number of hydrogen-bond donors (Lipinski definition) is 2. The first-order valence-electron chi connectivity index (χ1n) is 8.46. The van der Waals surface area contributed by atoms with E-state index in [1.54, 1.807) is 13.0 Å². The van der Waals surface area contributed by atoms with Gasteiger partial charge in [0.05, 0.1) is 12.8 Å². The molecule has 3 rings (SSSR count). The van der Waals surface area contributed by atoms with Crippen molar-refractivity contribution >= 4 is 35.2 Å². The summed E-state index contributed by atoms with van der Waals surface area (Å²) < 4.78 is 3.44. The molecule has 6 nitrogen and oxygen atoms in total. The molecular formula is C20H20N2O4S. The summed E-state index contributed by atoms with van der Waals surface area (Å²) in [4.78, 5) is 38.5. The molecule has 2 aromatic rings. The molecule has 0 aromatic heterocycles. The number of hydrogen-bond acceptors (Lipinski definition) is 5. The van der Waals surface area contributed by atoms with Crippen molar-refractivity contribution in [2.75, 3.05) is 12.4 Å². The third-order valence-electron chi connectivity index (χ3n) is 4.39. The summed E-state index contributed by atoms with van der Waals surface area (Å²) in [5, 5.41) is 5.45. The summed E-state index contributed by atoms with van der Waals surface area (Å²) in [6, 6.07) is 15.7. The molecule has 7 heteroatoms. The molecule has 140 valence electrons. The van der Waals surface area contributed by atoms with Gasteiger partial charge in [-0.3, -0.25) is 9.59 Å². The molecule has 0 saturated heterocycles. The van der Waals surface area contributed by atoms with Crippen molar-refractivity contribution in [3.8, 4) is 0 Å². The fourth-order valence-corrected chi connectivity index (χ4v) is 3.91. The minimum atomic E-state index is -1.39. The van der Waals surface area contributed by atoms with Crippen LogP contribution in [0.2, 0.25) is 0 Å². The number of nitrogens with one attached hydrogen (secondary N) is 2. The van der Waals surface area contributed by atoms with Crippen molar-refractivity contribution in [2.45, 2.75) is 29.0 Å². The Bertz CT molecular complexity index is 871. The average molecular weight is 384 g/mol. The second kappa shape index (κ2) is 7.84. The number of fused-ring (bicyclic) bond motifs is 1. The number of thioether (sulfide) groups is 1. The van der Waals surface area contributed by atoms with Crippen molar-refractivity contribution in [2.24, 2.45) is 0 Å². The standard InChI is InChI=1S/C20H20N2O4S/c1-20(18(24)21-14-10-6-7-11-16(14)27-20)19(25)22-15(17(23)26-2)12-13-8-4-3-5-9-13/h3-11,15H,12H2,1-2H3,(H,21,24)(H,22,25). The Morgan fingerprint density at radius 3 is 2.52 bits per heavy atom. The molecule has 0 saturated carbocycles. The van der Waals surface area contributed by atoms with E-state index < -0.39 is 28.6 Å². The number of amides is 2. The molecule has 2 unspecified atom stereocenters. The summed E-state index contributed by atoms with van der Waals surface area (Å²) in [6.45, 7) is 1.55. The van der Waals surface area contributed by atoms with E-state index in [1.807, 2.05) is 48.5 Å². The number of rotatable bonds is 5. The van der Waals surface area contributed by atoms with Gasteiger partial charge in [0.25, 0.3) is 0 Å². The van der Waals surface area contributed by atoms with Crippen LogP contribution in [0.25, 0.3) is 0 Å². The van der Waals surface area contributed by atoms with Gasteiger partial charge < -0.3 is 15.4 Å². The van der Waals surface area contributed by atoms with Crippen LogP contribution in [-0.4, -0.2) is 35.7 Å². The predicted octanol–water partition coefficient (Wildman–Crippen LogP) is 2.39. The number of benzene rings is 2. The highest BCUT2D eigenvalue weighted by Gasteiger charge is 2.46. The number of anilines is 1. The molecule has 0 spiro atoms. The highest BCUT2D eigenvalue weighted by molar-refractivity contribution is 8.02. The predicted molar refractivity (Wildman–Crippen MR) is 103 cm³/mol. The average Bonchev–Trinajstić information content (AvgIpc) is 2.68. The van der Waals surface area contributed by atoms with Crippen molar-refractivity contribution < 1.29 is 19.1 Å². The lowest BCUT2D eigenvalue weighted by molar-refractivity contribution is -0.145. The monoisotopic (exact) mass is 384 g/mol. The molecule has 0 radical (unpaired) electrons. The zero-order valence-electron chi connectivity index (χ0n) is 15.0. The van der Waals surface area contributed by atoms with E-state index in [-0.39, 0.29) is 6.42 Å². The highest BCUT2D eigenvalue weighted by Crippen LogP contribution is 2.42. The molecule has 27 heavy (non-hydrogen) atoms. The first-order valence-corrected chi connectivity index (χ1v) is 9.28. The fourth-order valence-electron chi connectivity index (χ4n) is 2.80. The first-order chi connectivity index (χ1) is 12.9. The van der Waals surface area contributed by atoms with Crippen molar-refractivity contribution in [3.05, 3.63) is 60.2 Å². The number of carbonyl (C=O) groups excluding carboxylic acids is 3. The van der Waals surface area contributed by atoms with Gasteiger partial charge in [0.2, 0.25) is 11.8 Å².